The molecule has 0 saturated carbocycles. The molecule has 1 heterocycles. The summed E-state index contributed by atoms with van der Waals surface area (Å²) in [7, 11) is 0. The highest BCUT2D eigenvalue weighted by atomic mass is 32.1. The van der Waals surface area contributed by atoms with Crippen molar-refractivity contribution < 1.29 is 0 Å². The van der Waals surface area contributed by atoms with Crippen LogP contribution in [0.2, 0.25) is 0 Å². The fourth-order valence-corrected chi connectivity index (χ4v) is 4.05. The number of hydrogen-bond donors (Lipinski definition) is 1. The molecule has 1 atom stereocenters. The lowest BCUT2D eigenvalue weighted by molar-refractivity contribution is 0.439. The Hall–Kier alpha value is -1.12. The van der Waals surface area contributed by atoms with E-state index in [0.717, 1.165) is 25.7 Å². The van der Waals surface area contributed by atoms with Gasteiger partial charge in [-0.05, 0) is 54.9 Å². The number of nitrogens with two attached hydrogens (primary N) is 1. The summed E-state index contributed by atoms with van der Waals surface area (Å²) < 4.78 is 0. The minimum atomic E-state index is 0.288. The summed E-state index contributed by atoms with van der Waals surface area (Å²) in [4.78, 5) is 2.91. The van der Waals surface area contributed by atoms with Crippen LogP contribution in [-0.2, 0) is 25.7 Å². The van der Waals surface area contributed by atoms with Crippen LogP contribution in [0.1, 0.15) is 27.8 Å². The molecule has 0 aliphatic heterocycles. The Bertz CT molecular complexity index is 533. The van der Waals surface area contributed by atoms with Gasteiger partial charge in [0.05, 0.1) is 0 Å². The number of fused-ring (bicyclic) bond motifs is 1. The molecule has 0 spiro atoms. The topological polar surface area (TPSA) is 26.0 Å². The standard InChI is InChI=1S/C17H21NS/c1-2-15-7-8-16(19-15)11-17(18)14-9-12-5-3-4-6-13(12)10-14/h3-8,14,17H,2,9-11,18H2,1H3. The smallest absolute Gasteiger partial charge is 0.0122 e. The van der Waals surface area contributed by atoms with E-state index in [0.29, 0.717) is 5.92 Å². The molecule has 2 aromatic rings. The molecule has 0 bridgehead atoms. The lowest BCUT2D eigenvalue weighted by atomic mass is 9.94. The lowest BCUT2D eigenvalue weighted by Crippen LogP contribution is -2.32. The highest BCUT2D eigenvalue weighted by Crippen LogP contribution is 2.30. The first-order valence-electron chi connectivity index (χ1n) is 7.16. The van der Waals surface area contributed by atoms with Crippen LogP contribution in [0.25, 0.3) is 0 Å². The fraction of sp³-hybridized carbons (Fsp3) is 0.412. The first-order chi connectivity index (χ1) is 9.26. The van der Waals surface area contributed by atoms with Crippen LogP contribution in [0.4, 0.5) is 0 Å². The average Bonchev–Trinajstić information content (AvgIpc) is 3.04. The van der Waals surface area contributed by atoms with Gasteiger partial charge in [-0.3, -0.25) is 0 Å². The Kier molecular flexibility index (Phi) is 3.72. The van der Waals surface area contributed by atoms with Gasteiger partial charge in [0.25, 0.3) is 0 Å². The van der Waals surface area contributed by atoms with Crippen molar-refractivity contribution in [2.45, 2.75) is 38.6 Å². The fourth-order valence-electron chi connectivity index (χ4n) is 3.02. The van der Waals surface area contributed by atoms with Crippen LogP contribution < -0.4 is 5.73 Å². The normalized spacial score (nSPS) is 16.5. The van der Waals surface area contributed by atoms with Gasteiger partial charge in [-0.1, -0.05) is 31.2 Å². The van der Waals surface area contributed by atoms with Crippen LogP contribution in [0.3, 0.4) is 0 Å². The minimum absolute atomic E-state index is 0.288. The van der Waals surface area contributed by atoms with E-state index in [9.17, 15) is 0 Å². The van der Waals surface area contributed by atoms with Gasteiger partial charge in [0.1, 0.15) is 0 Å². The van der Waals surface area contributed by atoms with Gasteiger partial charge in [-0.25, -0.2) is 0 Å². The second-order valence-corrected chi connectivity index (χ2v) is 6.78. The molecule has 1 aliphatic carbocycles. The van der Waals surface area contributed by atoms with Crippen molar-refractivity contribution >= 4 is 11.3 Å². The summed E-state index contributed by atoms with van der Waals surface area (Å²) in [5.74, 6) is 0.615. The third-order valence-electron chi connectivity index (χ3n) is 4.19. The second-order valence-electron chi connectivity index (χ2n) is 5.53. The van der Waals surface area contributed by atoms with Gasteiger partial charge in [0.15, 0.2) is 0 Å². The Morgan fingerprint density at radius 2 is 1.74 bits per heavy atom. The average molecular weight is 271 g/mol. The molecule has 1 unspecified atom stereocenters. The summed E-state index contributed by atoms with van der Waals surface area (Å²) in [5, 5.41) is 0. The molecule has 0 amide bonds. The van der Waals surface area contributed by atoms with Crippen molar-refractivity contribution in [1.82, 2.24) is 0 Å². The van der Waals surface area contributed by atoms with Crippen LogP contribution in [0.5, 0.6) is 0 Å². The molecular formula is C17H21NS. The van der Waals surface area contributed by atoms with E-state index in [4.69, 9.17) is 5.73 Å². The summed E-state index contributed by atoms with van der Waals surface area (Å²) in [6.45, 7) is 2.21. The van der Waals surface area contributed by atoms with Crippen LogP contribution >= 0.6 is 11.3 Å². The summed E-state index contributed by atoms with van der Waals surface area (Å²) >= 11 is 1.92. The van der Waals surface area contributed by atoms with Crippen LogP contribution in [0.15, 0.2) is 36.4 Å². The SMILES string of the molecule is CCc1ccc(CC(N)C2Cc3ccccc3C2)s1. The minimum Gasteiger partial charge on any atom is -0.327 e. The maximum atomic E-state index is 6.45. The number of aryl methyl sites for hydroxylation is 1. The lowest BCUT2D eigenvalue weighted by Gasteiger charge is -2.18. The molecule has 2 heteroatoms. The highest BCUT2D eigenvalue weighted by molar-refractivity contribution is 7.11. The Morgan fingerprint density at radius 1 is 1.11 bits per heavy atom. The molecule has 3 rings (SSSR count). The van der Waals surface area contributed by atoms with E-state index in [2.05, 4.69) is 43.3 Å². The van der Waals surface area contributed by atoms with E-state index in [1.54, 1.807) is 0 Å². The van der Waals surface area contributed by atoms with Gasteiger partial charge in [0.2, 0.25) is 0 Å². The number of hydrogen-bond acceptors (Lipinski definition) is 2. The van der Waals surface area contributed by atoms with E-state index >= 15 is 0 Å². The Balaban J connectivity index is 1.65. The van der Waals surface area contributed by atoms with Crippen molar-refractivity contribution in [3.05, 3.63) is 57.3 Å². The van der Waals surface area contributed by atoms with E-state index in [1.807, 2.05) is 11.3 Å². The van der Waals surface area contributed by atoms with E-state index < -0.39 is 0 Å². The molecule has 1 aromatic carbocycles. The molecular weight excluding hydrogens is 250 g/mol. The van der Waals surface area contributed by atoms with Crippen LogP contribution in [0, 0.1) is 5.92 Å². The predicted octanol–water partition coefficient (Wildman–Crippen LogP) is 3.60. The quantitative estimate of drug-likeness (QED) is 0.903. The Morgan fingerprint density at radius 3 is 2.32 bits per heavy atom. The summed E-state index contributed by atoms with van der Waals surface area (Å²) in [5.41, 5.74) is 9.45. The van der Waals surface area contributed by atoms with Crippen molar-refractivity contribution in [3.63, 3.8) is 0 Å². The first-order valence-corrected chi connectivity index (χ1v) is 7.98. The summed E-state index contributed by atoms with van der Waals surface area (Å²) in [6.07, 6.45) is 4.48. The number of rotatable bonds is 4. The summed E-state index contributed by atoms with van der Waals surface area (Å²) in [6, 6.07) is 13.6. The molecule has 1 aromatic heterocycles. The molecule has 0 fully saturated rings. The zero-order valence-electron chi connectivity index (χ0n) is 11.4. The van der Waals surface area contributed by atoms with Crippen molar-refractivity contribution in [3.8, 4) is 0 Å². The van der Waals surface area contributed by atoms with Gasteiger partial charge < -0.3 is 5.73 Å². The maximum Gasteiger partial charge on any atom is 0.0122 e. The molecule has 0 radical (unpaired) electrons. The van der Waals surface area contributed by atoms with Crippen molar-refractivity contribution in [2.75, 3.05) is 0 Å². The number of benzene rings is 1. The van der Waals surface area contributed by atoms with E-state index in [-0.39, 0.29) is 6.04 Å². The number of thiophene rings is 1. The van der Waals surface area contributed by atoms with E-state index in [1.165, 1.54) is 20.9 Å². The Labute approximate surface area is 119 Å². The first kappa shape index (κ1) is 12.9. The van der Waals surface area contributed by atoms with Gasteiger partial charge in [-0.2, -0.15) is 0 Å². The van der Waals surface area contributed by atoms with Crippen molar-refractivity contribution in [1.29, 1.82) is 0 Å². The monoisotopic (exact) mass is 271 g/mol. The zero-order chi connectivity index (χ0) is 13.2. The van der Waals surface area contributed by atoms with Crippen molar-refractivity contribution in [2.24, 2.45) is 11.7 Å². The highest BCUT2D eigenvalue weighted by Gasteiger charge is 2.26. The molecule has 1 aliphatic rings. The maximum absolute atomic E-state index is 6.45. The molecule has 0 saturated heterocycles. The van der Waals surface area contributed by atoms with Gasteiger partial charge in [0, 0.05) is 15.8 Å². The zero-order valence-corrected chi connectivity index (χ0v) is 12.2. The van der Waals surface area contributed by atoms with Gasteiger partial charge in [-0.15, -0.1) is 11.3 Å². The molecule has 19 heavy (non-hydrogen) atoms. The second kappa shape index (κ2) is 5.48. The van der Waals surface area contributed by atoms with Gasteiger partial charge >= 0.3 is 0 Å². The van der Waals surface area contributed by atoms with Crippen LogP contribution in [-0.4, -0.2) is 6.04 Å². The molecule has 1 nitrogen and oxygen atoms in total. The third kappa shape index (κ3) is 2.75. The third-order valence-corrected chi connectivity index (χ3v) is 5.44. The molecule has 2 N–H and O–H groups in total. The molecule has 100 valence electrons. The largest absolute Gasteiger partial charge is 0.327 e. The predicted molar refractivity (Wildman–Crippen MR) is 82.7 cm³/mol.